The number of ether oxygens (including phenoxy) is 1. The largest absolute Gasteiger partial charge is 0.373 e. The van der Waals surface area contributed by atoms with Crippen LogP contribution in [0.1, 0.15) is 34.4 Å². The quantitative estimate of drug-likeness (QED) is 0.626. The molecule has 31 heavy (non-hydrogen) atoms. The summed E-state index contributed by atoms with van der Waals surface area (Å²) in [7, 11) is 0. The first kappa shape index (κ1) is 22.6. The number of amides is 1. The predicted molar refractivity (Wildman–Crippen MR) is 118 cm³/mol. The van der Waals surface area contributed by atoms with Gasteiger partial charge in [0.15, 0.2) is 0 Å². The SMILES string of the molecule is CCc1c(C#N)c(SC(C(N)=O)c2ccccc2)nc(N2CCOC(CN)C2)c1C#N. The third-order valence-electron chi connectivity index (χ3n) is 5.12. The van der Waals surface area contributed by atoms with Gasteiger partial charge in [-0.25, -0.2) is 4.98 Å². The number of nitrogens with zero attached hydrogens (tertiary/aromatic N) is 4. The molecule has 1 aliphatic heterocycles. The number of carbonyl (C=O) groups excluding carboxylic acids is 1. The number of thioether (sulfide) groups is 1. The lowest BCUT2D eigenvalue weighted by molar-refractivity contribution is -0.117. The molecule has 3 rings (SSSR count). The number of aromatic nitrogens is 1. The average molecular weight is 437 g/mol. The molecular formula is C22H24N6O2S. The second-order valence-electron chi connectivity index (χ2n) is 7.03. The van der Waals surface area contributed by atoms with Crippen molar-refractivity contribution in [1.29, 1.82) is 10.5 Å². The van der Waals surface area contributed by atoms with E-state index in [1.54, 1.807) is 0 Å². The molecule has 0 spiro atoms. The second-order valence-corrected chi connectivity index (χ2v) is 8.13. The average Bonchev–Trinajstić information content (AvgIpc) is 2.81. The van der Waals surface area contributed by atoms with E-state index in [0.29, 0.717) is 60.2 Å². The van der Waals surface area contributed by atoms with Crippen LogP contribution in [0.15, 0.2) is 35.4 Å². The van der Waals surface area contributed by atoms with Crippen LogP contribution in [0.3, 0.4) is 0 Å². The van der Waals surface area contributed by atoms with Crippen molar-refractivity contribution in [2.75, 3.05) is 31.1 Å². The van der Waals surface area contributed by atoms with Crippen LogP contribution in [0, 0.1) is 22.7 Å². The van der Waals surface area contributed by atoms with E-state index in [4.69, 9.17) is 21.2 Å². The minimum atomic E-state index is -0.715. The maximum absolute atomic E-state index is 12.2. The first-order valence-corrected chi connectivity index (χ1v) is 10.9. The van der Waals surface area contributed by atoms with Gasteiger partial charge in [0.2, 0.25) is 5.91 Å². The normalized spacial score (nSPS) is 16.9. The smallest absolute Gasteiger partial charge is 0.235 e. The van der Waals surface area contributed by atoms with Crippen LogP contribution >= 0.6 is 11.8 Å². The molecular weight excluding hydrogens is 412 g/mol. The number of hydrogen-bond donors (Lipinski definition) is 2. The Morgan fingerprint density at radius 1 is 1.32 bits per heavy atom. The topological polar surface area (TPSA) is 142 Å². The van der Waals surface area contributed by atoms with Gasteiger partial charge in [0.05, 0.1) is 23.8 Å². The molecule has 0 radical (unpaired) electrons. The van der Waals surface area contributed by atoms with E-state index >= 15 is 0 Å². The molecule has 160 valence electrons. The van der Waals surface area contributed by atoms with Crippen LogP contribution in [-0.4, -0.2) is 43.2 Å². The highest BCUT2D eigenvalue weighted by Gasteiger charge is 2.29. The van der Waals surface area contributed by atoms with Crippen LogP contribution in [0.4, 0.5) is 5.82 Å². The van der Waals surface area contributed by atoms with Gasteiger partial charge in [0.25, 0.3) is 0 Å². The van der Waals surface area contributed by atoms with Crippen molar-refractivity contribution in [1.82, 2.24) is 4.98 Å². The second kappa shape index (κ2) is 10.3. The highest BCUT2D eigenvalue weighted by Crippen LogP contribution is 2.39. The standard InChI is InChI=1S/C22H24N6O2S/c1-2-16-17(11-24)21(28-8-9-30-15(10-23)13-28)27-22(18(16)12-25)31-19(20(26)29)14-6-4-3-5-7-14/h3-7,15,19H,2,8-10,13,23H2,1H3,(H2,26,29). The van der Waals surface area contributed by atoms with Gasteiger partial charge in [-0.2, -0.15) is 10.5 Å². The maximum Gasteiger partial charge on any atom is 0.235 e. The van der Waals surface area contributed by atoms with Gasteiger partial charge in [-0.3, -0.25) is 4.79 Å². The van der Waals surface area contributed by atoms with Gasteiger partial charge < -0.3 is 21.1 Å². The lowest BCUT2D eigenvalue weighted by atomic mass is 10.0. The van der Waals surface area contributed by atoms with Gasteiger partial charge in [0.1, 0.15) is 28.2 Å². The Labute approximate surface area is 185 Å². The fourth-order valence-electron chi connectivity index (χ4n) is 3.58. The van der Waals surface area contributed by atoms with Crippen molar-refractivity contribution in [3.05, 3.63) is 52.6 Å². The fourth-order valence-corrected chi connectivity index (χ4v) is 4.64. The molecule has 9 heteroatoms. The van der Waals surface area contributed by atoms with Crippen molar-refractivity contribution >= 4 is 23.5 Å². The number of pyridine rings is 1. The number of hydrogen-bond acceptors (Lipinski definition) is 8. The Morgan fingerprint density at radius 2 is 2.03 bits per heavy atom. The highest BCUT2D eigenvalue weighted by molar-refractivity contribution is 8.00. The summed E-state index contributed by atoms with van der Waals surface area (Å²) in [4.78, 5) is 18.9. The number of nitrogens with two attached hydrogens (primary N) is 2. The van der Waals surface area contributed by atoms with E-state index in [1.807, 2.05) is 42.2 Å². The number of carbonyl (C=O) groups is 1. The monoisotopic (exact) mass is 436 g/mol. The van der Waals surface area contributed by atoms with Crippen molar-refractivity contribution in [2.45, 2.75) is 29.7 Å². The minimum Gasteiger partial charge on any atom is -0.373 e. The maximum atomic E-state index is 12.2. The van der Waals surface area contributed by atoms with Crippen molar-refractivity contribution in [3.63, 3.8) is 0 Å². The van der Waals surface area contributed by atoms with E-state index in [0.717, 1.165) is 17.3 Å². The molecule has 2 aromatic rings. The molecule has 8 nitrogen and oxygen atoms in total. The molecule has 2 atom stereocenters. The van der Waals surface area contributed by atoms with Gasteiger partial charge in [-0.15, -0.1) is 0 Å². The molecule has 0 bridgehead atoms. The summed E-state index contributed by atoms with van der Waals surface area (Å²) in [5.74, 6) is -0.0423. The third kappa shape index (κ3) is 4.80. The predicted octanol–water partition coefficient (Wildman–Crippen LogP) is 1.87. The van der Waals surface area contributed by atoms with Crippen molar-refractivity contribution < 1.29 is 9.53 Å². The summed E-state index contributed by atoms with van der Waals surface area (Å²) < 4.78 is 5.64. The number of morpholine rings is 1. The van der Waals surface area contributed by atoms with Crippen molar-refractivity contribution in [2.24, 2.45) is 11.5 Å². The molecule has 0 saturated carbocycles. The van der Waals surface area contributed by atoms with E-state index in [-0.39, 0.29) is 6.10 Å². The zero-order valence-electron chi connectivity index (χ0n) is 17.2. The molecule has 4 N–H and O–H groups in total. The number of rotatable bonds is 7. The number of nitriles is 2. The zero-order valence-corrected chi connectivity index (χ0v) is 18.1. The van der Waals surface area contributed by atoms with Crippen LogP contribution in [0.5, 0.6) is 0 Å². The zero-order chi connectivity index (χ0) is 22.4. The van der Waals surface area contributed by atoms with Crippen molar-refractivity contribution in [3.8, 4) is 12.1 Å². The molecule has 2 unspecified atom stereocenters. The molecule has 1 saturated heterocycles. The van der Waals surface area contributed by atoms with E-state index in [9.17, 15) is 15.3 Å². The molecule has 0 aliphatic carbocycles. The number of anilines is 1. The van der Waals surface area contributed by atoms with Crippen LogP contribution in [-0.2, 0) is 16.0 Å². The summed E-state index contributed by atoms with van der Waals surface area (Å²) in [5, 5.41) is 19.4. The van der Waals surface area contributed by atoms with E-state index in [1.165, 1.54) is 0 Å². The van der Waals surface area contributed by atoms with E-state index < -0.39 is 11.2 Å². The van der Waals surface area contributed by atoms with Crippen LogP contribution < -0.4 is 16.4 Å². The Hall–Kier alpha value is -3.11. The molecule has 1 fully saturated rings. The molecule has 1 aromatic heterocycles. The number of benzene rings is 1. The summed E-state index contributed by atoms with van der Waals surface area (Å²) in [6.07, 6.45) is 0.313. The lowest BCUT2D eigenvalue weighted by Crippen LogP contribution is -2.46. The van der Waals surface area contributed by atoms with Crippen LogP contribution in [0.25, 0.3) is 0 Å². The Morgan fingerprint density at radius 3 is 2.61 bits per heavy atom. The number of primary amides is 1. The highest BCUT2D eigenvalue weighted by atomic mass is 32.2. The minimum absolute atomic E-state index is 0.165. The van der Waals surface area contributed by atoms with Gasteiger partial charge in [-0.1, -0.05) is 49.0 Å². The lowest BCUT2D eigenvalue weighted by Gasteiger charge is -2.34. The molecule has 2 heterocycles. The summed E-state index contributed by atoms with van der Waals surface area (Å²) in [5.41, 5.74) is 13.5. The summed E-state index contributed by atoms with van der Waals surface area (Å²) in [6, 6.07) is 13.5. The molecule has 1 aromatic carbocycles. The first-order chi connectivity index (χ1) is 15.0. The Bertz CT molecular complexity index is 1030. The summed E-state index contributed by atoms with van der Waals surface area (Å²) in [6.45, 7) is 3.76. The Balaban J connectivity index is 2.12. The van der Waals surface area contributed by atoms with Gasteiger partial charge in [-0.05, 0) is 17.5 Å². The molecule has 1 amide bonds. The van der Waals surface area contributed by atoms with Gasteiger partial charge in [0, 0.05) is 19.6 Å². The van der Waals surface area contributed by atoms with Gasteiger partial charge >= 0.3 is 0 Å². The van der Waals surface area contributed by atoms with E-state index in [2.05, 4.69) is 12.1 Å². The fraction of sp³-hybridized carbons (Fsp3) is 0.364. The van der Waals surface area contributed by atoms with Crippen LogP contribution in [0.2, 0.25) is 0 Å². The summed E-state index contributed by atoms with van der Waals surface area (Å²) >= 11 is 1.13. The Kier molecular flexibility index (Phi) is 7.48. The first-order valence-electron chi connectivity index (χ1n) is 9.98. The third-order valence-corrected chi connectivity index (χ3v) is 6.38. The molecule has 1 aliphatic rings.